The molecule has 0 bridgehead atoms. The lowest BCUT2D eigenvalue weighted by Gasteiger charge is -2.37. The summed E-state index contributed by atoms with van der Waals surface area (Å²) in [5.74, 6) is -0.993. The predicted molar refractivity (Wildman–Crippen MR) is 135 cm³/mol. The number of nitrogens with zero attached hydrogens (tertiary/aromatic N) is 1. The van der Waals surface area contributed by atoms with Crippen molar-refractivity contribution in [3.05, 3.63) is 42.1 Å². The second-order valence-corrected chi connectivity index (χ2v) is 11.2. The Bertz CT molecular complexity index is 1010. The van der Waals surface area contributed by atoms with Crippen LogP contribution < -0.4 is 14.9 Å². The summed E-state index contributed by atoms with van der Waals surface area (Å²) in [4.78, 5) is 25.9. The summed E-state index contributed by atoms with van der Waals surface area (Å²) in [5.41, 5.74) is -0.181. The molecule has 2 aliphatic heterocycles. The van der Waals surface area contributed by atoms with Crippen LogP contribution in [0.3, 0.4) is 0 Å². The van der Waals surface area contributed by atoms with E-state index in [0.717, 1.165) is 0 Å². The van der Waals surface area contributed by atoms with Gasteiger partial charge in [0.2, 0.25) is 0 Å². The van der Waals surface area contributed by atoms with Crippen LogP contribution in [-0.2, 0) is 28.2 Å². The van der Waals surface area contributed by atoms with Gasteiger partial charge in [0.1, 0.15) is 29.6 Å². The largest absolute Gasteiger partial charge is 0.462 e. The third kappa shape index (κ3) is 7.02. The first-order chi connectivity index (χ1) is 16.9. The Labute approximate surface area is 216 Å². The van der Waals surface area contributed by atoms with Gasteiger partial charge in [-0.3, -0.25) is 14.1 Å². The Morgan fingerprint density at radius 3 is 2.61 bits per heavy atom. The topological polar surface area (TPSA) is 136 Å². The van der Waals surface area contributed by atoms with Crippen molar-refractivity contribution >= 4 is 32.3 Å². The molecule has 0 radical (unpaired) electrons. The highest BCUT2D eigenvalue weighted by atomic mass is 32.1. The number of benzene rings is 1. The zero-order valence-corrected chi connectivity index (χ0v) is 22.6. The Morgan fingerprint density at radius 1 is 1.31 bits per heavy atom. The number of carbonyl (C=O) groups excluding carboxylic acids is 2. The molecule has 36 heavy (non-hydrogen) atoms. The smallest absolute Gasteiger partial charge is 0.459 e. The molecule has 0 spiro atoms. The van der Waals surface area contributed by atoms with E-state index < -0.39 is 49.6 Å². The number of hydrogen-bond acceptors (Lipinski definition) is 10. The van der Waals surface area contributed by atoms with E-state index >= 15 is 0 Å². The van der Waals surface area contributed by atoms with Crippen LogP contribution in [0, 0.1) is 5.92 Å². The van der Waals surface area contributed by atoms with Crippen molar-refractivity contribution in [2.24, 2.45) is 5.92 Å². The van der Waals surface area contributed by atoms with Gasteiger partial charge < -0.3 is 29.3 Å². The molecule has 11 nitrogen and oxygen atoms in total. The third-order valence-electron chi connectivity index (χ3n) is 5.66. The zero-order valence-electron chi connectivity index (χ0n) is 20.9. The molecule has 1 aromatic rings. The first-order valence-electron chi connectivity index (χ1n) is 11.7. The normalized spacial score (nSPS) is 28.8. The summed E-state index contributed by atoms with van der Waals surface area (Å²) in [6, 6.07) is 7.37. The Morgan fingerprint density at radius 2 is 1.97 bits per heavy atom. The van der Waals surface area contributed by atoms with E-state index in [2.05, 4.69) is 23.0 Å². The minimum absolute atomic E-state index is 0.243. The predicted octanol–water partition coefficient (Wildman–Crippen LogP) is 2.39. The number of amides is 1. The summed E-state index contributed by atoms with van der Waals surface area (Å²) >= 11 is 4.40. The van der Waals surface area contributed by atoms with Crippen molar-refractivity contribution < 1.29 is 37.8 Å². The van der Waals surface area contributed by atoms with Gasteiger partial charge in [0.05, 0.1) is 18.8 Å². The highest BCUT2D eigenvalue weighted by molar-refractivity contribution is 7.80. The molecule has 2 aliphatic rings. The molecule has 3 unspecified atom stereocenters. The van der Waals surface area contributed by atoms with Crippen molar-refractivity contribution in [3.63, 3.8) is 0 Å². The highest BCUT2D eigenvalue weighted by Crippen LogP contribution is 2.46. The molecule has 7 atom stereocenters. The van der Waals surface area contributed by atoms with E-state index in [4.69, 9.17) is 18.5 Å². The molecule has 0 aliphatic carbocycles. The van der Waals surface area contributed by atoms with Gasteiger partial charge in [-0.25, -0.2) is 4.57 Å². The average Bonchev–Trinajstić information content (AvgIpc) is 3.08. The second-order valence-electron chi connectivity index (χ2n) is 9.06. The summed E-state index contributed by atoms with van der Waals surface area (Å²) < 4.78 is 36.2. The van der Waals surface area contributed by atoms with Crippen LogP contribution in [0.2, 0.25) is 0 Å². The number of aliphatic hydroxyl groups excluding tert-OH is 1. The van der Waals surface area contributed by atoms with Crippen LogP contribution in [0.5, 0.6) is 5.75 Å². The van der Waals surface area contributed by atoms with Gasteiger partial charge in [-0.1, -0.05) is 25.1 Å². The summed E-state index contributed by atoms with van der Waals surface area (Å²) in [6.07, 6.45) is -1.21. The van der Waals surface area contributed by atoms with E-state index in [1.165, 1.54) is 6.92 Å². The Kier molecular flexibility index (Phi) is 9.48. The number of carbonyl (C=O) groups is 2. The molecular formula is C23H34N3O8PS. The fourth-order valence-electron chi connectivity index (χ4n) is 3.75. The molecule has 3 N–H and O–H groups in total. The standard InChI is InChI=1S/C23H34N3O8PS/c1-13(2)32-22(29)16(5)25-35(30,34-17-9-7-6-8-10-17)31-12-18-19(27)15(4)21(33-18)26-11-14(3)20(28)24-23(26)36/h6-11,13,15-16,18-19,21,23,27,36H,12H2,1-5H3,(H,24,28)(H,25,30)/t15?,16-,18-,19-,21-,23?,35?/m0/s1. The zero-order chi connectivity index (χ0) is 26.6. The average molecular weight is 544 g/mol. The Hall–Kier alpha value is -2.08. The van der Waals surface area contributed by atoms with Crippen LogP contribution >= 0.6 is 20.4 Å². The molecule has 13 heteroatoms. The van der Waals surface area contributed by atoms with Crippen LogP contribution in [0.15, 0.2) is 42.1 Å². The lowest BCUT2D eigenvalue weighted by molar-refractivity contribution is -0.149. The van der Waals surface area contributed by atoms with Crippen LogP contribution in [-0.4, -0.2) is 64.6 Å². The summed E-state index contributed by atoms with van der Waals surface area (Å²) in [6.45, 7) is 8.05. The van der Waals surface area contributed by atoms with Gasteiger partial charge in [-0.05, 0) is 39.8 Å². The van der Waals surface area contributed by atoms with Crippen molar-refractivity contribution in [2.45, 2.75) is 70.7 Å². The first kappa shape index (κ1) is 28.5. The fourth-order valence-corrected chi connectivity index (χ4v) is 5.56. The summed E-state index contributed by atoms with van der Waals surface area (Å²) in [7, 11) is -4.12. The van der Waals surface area contributed by atoms with Crippen LogP contribution in [0.1, 0.15) is 34.6 Å². The van der Waals surface area contributed by atoms with E-state index in [1.807, 2.05) is 0 Å². The number of para-hydroxylation sites is 1. The molecule has 0 saturated carbocycles. The number of aliphatic hydroxyl groups is 1. The maximum absolute atomic E-state index is 13.7. The molecule has 1 saturated heterocycles. The molecule has 1 aromatic carbocycles. The van der Waals surface area contributed by atoms with E-state index in [0.29, 0.717) is 5.57 Å². The van der Waals surface area contributed by atoms with E-state index in [9.17, 15) is 19.3 Å². The maximum Gasteiger partial charge on any atom is 0.459 e. The van der Waals surface area contributed by atoms with Gasteiger partial charge in [-0.2, -0.15) is 5.09 Å². The molecule has 0 aromatic heterocycles. The maximum atomic E-state index is 13.7. The first-order valence-corrected chi connectivity index (χ1v) is 13.7. The third-order valence-corrected chi connectivity index (χ3v) is 7.70. The lowest BCUT2D eigenvalue weighted by atomic mass is 10.0. The number of nitrogens with one attached hydrogen (secondary N) is 2. The molecule has 1 amide bonds. The SMILES string of the molecule is CC1=CN([C@H]2O[C@@H](COP(=O)(N[C@@H](C)C(=O)OC(C)C)Oc3ccccc3)[C@@H](O)C2C)C(S)NC1=O. The van der Waals surface area contributed by atoms with Crippen LogP contribution in [0.4, 0.5) is 0 Å². The minimum Gasteiger partial charge on any atom is -0.462 e. The molecule has 3 rings (SSSR count). The molecular weight excluding hydrogens is 509 g/mol. The number of thiol groups is 1. The number of ether oxygens (including phenoxy) is 2. The molecule has 2 heterocycles. The molecule has 200 valence electrons. The quantitative estimate of drug-likeness (QED) is 0.198. The summed E-state index contributed by atoms with van der Waals surface area (Å²) in [5, 5.41) is 16.1. The van der Waals surface area contributed by atoms with Gasteiger partial charge in [-0.15, -0.1) is 12.6 Å². The van der Waals surface area contributed by atoms with Crippen molar-refractivity contribution in [1.82, 2.24) is 15.3 Å². The van der Waals surface area contributed by atoms with Gasteiger partial charge in [0.25, 0.3) is 5.91 Å². The number of rotatable bonds is 10. The fraction of sp³-hybridized carbons (Fsp3) is 0.565. The van der Waals surface area contributed by atoms with Crippen LogP contribution in [0.25, 0.3) is 0 Å². The van der Waals surface area contributed by atoms with Crippen molar-refractivity contribution in [2.75, 3.05) is 6.61 Å². The Balaban J connectivity index is 1.73. The number of esters is 1. The van der Waals surface area contributed by atoms with Crippen molar-refractivity contribution in [1.29, 1.82) is 0 Å². The minimum atomic E-state index is -4.12. The monoisotopic (exact) mass is 543 g/mol. The van der Waals surface area contributed by atoms with Gasteiger partial charge in [0.15, 0.2) is 0 Å². The van der Waals surface area contributed by atoms with Gasteiger partial charge in [0, 0.05) is 17.7 Å². The van der Waals surface area contributed by atoms with E-state index in [1.54, 1.807) is 69.1 Å². The lowest BCUT2D eigenvalue weighted by Crippen LogP contribution is -2.52. The second kappa shape index (κ2) is 12.0. The van der Waals surface area contributed by atoms with Gasteiger partial charge >= 0.3 is 13.7 Å². The van der Waals surface area contributed by atoms with Crippen molar-refractivity contribution in [3.8, 4) is 5.75 Å². The highest BCUT2D eigenvalue weighted by Gasteiger charge is 2.46. The number of hydrogen-bond donors (Lipinski definition) is 4. The molecule has 1 fully saturated rings. The van der Waals surface area contributed by atoms with E-state index in [-0.39, 0.29) is 24.4 Å².